The molecule has 8 nitrogen and oxygen atoms in total. The van der Waals surface area contributed by atoms with Gasteiger partial charge in [0.2, 0.25) is 11.8 Å². The van der Waals surface area contributed by atoms with E-state index in [1.807, 2.05) is 4.90 Å². The molecule has 2 aromatic rings. The lowest BCUT2D eigenvalue weighted by atomic mass is 9.95. The first-order valence-electron chi connectivity index (χ1n) is 9.05. The molecule has 1 fully saturated rings. The zero-order chi connectivity index (χ0) is 20.4. The molecule has 1 aromatic heterocycles. The Morgan fingerprint density at radius 1 is 1.32 bits per heavy atom. The topological polar surface area (TPSA) is 118 Å². The van der Waals surface area contributed by atoms with E-state index in [-0.39, 0.29) is 23.4 Å². The molecule has 1 atom stereocenters. The molecule has 9 heteroatoms. The molecule has 1 aliphatic heterocycles. The summed E-state index contributed by atoms with van der Waals surface area (Å²) in [5.74, 6) is -1.29. The number of rotatable bonds is 5. The highest BCUT2D eigenvalue weighted by atomic mass is 35.5. The van der Waals surface area contributed by atoms with Gasteiger partial charge in [0.05, 0.1) is 18.8 Å². The predicted molar refractivity (Wildman–Crippen MR) is 106 cm³/mol. The summed E-state index contributed by atoms with van der Waals surface area (Å²) in [4.78, 5) is 41.3. The third-order valence-corrected chi connectivity index (χ3v) is 5.49. The van der Waals surface area contributed by atoms with Crippen LogP contribution in [0.1, 0.15) is 30.3 Å². The molecule has 1 aliphatic rings. The Kier molecular flexibility index (Phi) is 5.90. The second-order valence-corrected chi connectivity index (χ2v) is 7.37. The Hall–Kier alpha value is -2.58. The van der Waals surface area contributed by atoms with Gasteiger partial charge in [-0.25, -0.2) is 4.79 Å². The minimum atomic E-state index is -0.586. The molecule has 2 heterocycles. The van der Waals surface area contributed by atoms with E-state index in [0.29, 0.717) is 47.5 Å². The lowest BCUT2D eigenvalue weighted by Gasteiger charge is -2.34. The Morgan fingerprint density at radius 2 is 2.00 bits per heavy atom. The number of amides is 2. The van der Waals surface area contributed by atoms with E-state index in [2.05, 4.69) is 10.3 Å². The predicted octanol–water partition coefficient (Wildman–Crippen LogP) is 2.13. The van der Waals surface area contributed by atoms with E-state index in [9.17, 15) is 14.4 Å². The summed E-state index contributed by atoms with van der Waals surface area (Å²) in [5.41, 5.74) is 6.53. The summed E-state index contributed by atoms with van der Waals surface area (Å²) in [5, 5.41) is 3.96. The number of hydrogen-bond acceptors (Lipinski definition) is 5. The summed E-state index contributed by atoms with van der Waals surface area (Å²) >= 11 is 6.08. The molecular formula is C19H23ClN4O4. The highest BCUT2D eigenvalue weighted by Crippen LogP contribution is 2.31. The molecule has 150 valence electrons. The zero-order valence-electron chi connectivity index (χ0n) is 15.8. The van der Waals surface area contributed by atoms with E-state index in [1.165, 1.54) is 7.11 Å². The van der Waals surface area contributed by atoms with Crippen LogP contribution in [0.2, 0.25) is 5.02 Å². The molecule has 4 N–H and O–H groups in total. The molecule has 1 aromatic carbocycles. The van der Waals surface area contributed by atoms with Crippen LogP contribution in [0.15, 0.2) is 18.2 Å². The van der Waals surface area contributed by atoms with Crippen molar-refractivity contribution in [3.8, 4) is 0 Å². The van der Waals surface area contributed by atoms with Gasteiger partial charge in [-0.15, -0.1) is 0 Å². The lowest BCUT2D eigenvalue weighted by molar-refractivity contribution is -0.124. The number of hydrogen-bond donors (Lipinski definition) is 3. The number of carbonyl (C=O) groups excluding carboxylic acids is 3. The van der Waals surface area contributed by atoms with Crippen molar-refractivity contribution in [2.24, 2.45) is 11.7 Å². The standard InChI is InChI=1S/C19H23ClN4O4/c1-10(24-7-5-11(6-8-24)17(21)25)18(26)23-15-13-9-12(20)3-4-14(13)22-16(15)19(27)28-2/h3-4,9-11,22H,5-8H2,1-2H3,(H2,21,25)(H,23,26). The second-order valence-electron chi connectivity index (χ2n) is 6.93. The number of esters is 1. The Morgan fingerprint density at radius 3 is 2.61 bits per heavy atom. The largest absolute Gasteiger partial charge is 0.464 e. The summed E-state index contributed by atoms with van der Waals surface area (Å²) < 4.78 is 4.82. The summed E-state index contributed by atoms with van der Waals surface area (Å²) in [6.07, 6.45) is 1.26. The van der Waals surface area contributed by atoms with Crippen molar-refractivity contribution in [1.82, 2.24) is 9.88 Å². The maximum Gasteiger partial charge on any atom is 0.356 e. The van der Waals surface area contributed by atoms with Gasteiger partial charge >= 0.3 is 5.97 Å². The number of aromatic amines is 1. The van der Waals surface area contributed by atoms with Crippen molar-refractivity contribution in [3.63, 3.8) is 0 Å². The molecule has 0 radical (unpaired) electrons. The van der Waals surface area contributed by atoms with Crippen LogP contribution in [0.4, 0.5) is 5.69 Å². The van der Waals surface area contributed by atoms with Crippen LogP contribution in [0.5, 0.6) is 0 Å². The maximum atomic E-state index is 12.9. The van der Waals surface area contributed by atoms with E-state index >= 15 is 0 Å². The van der Waals surface area contributed by atoms with Crippen molar-refractivity contribution in [1.29, 1.82) is 0 Å². The first kappa shape index (κ1) is 20.2. The number of benzene rings is 1. The molecule has 0 bridgehead atoms. The van der Waals surface area contributed by atoms with E-state index in [4.69, 9.17) is 22.1 Å². The van der Waals surface area contributed by atoms with Crippen LogP contribution in [-0.4, -0.2) is 53.9 Å². The number of piperidine rings is 1. The summed E-state index contributed by atoms with van der Waals surface area (Å²) in [6, 6.07) is 4.66. The summed E-state index contributed by atoms with van der Waals surface area (Å²) in [7, 11) is 1.28. The van der Waals surface area contributed by atoms with Crippen LogP contribution in [0.25, 0.3) is 10.9 Å². The summed E-state index contributed by atoms with van der Waals surface area (Å²) in [6.45, 7) is 3.00. The normalized spacial score (nSPS) is 16.7. The minimum Gasteiger partial charge on any atom is -0.464 e. The Bertz CT molecular complexity index is 918. The molecule has 0 aliphatic carbocycles. The highest BCUT2D eigenvalue weighted by molar-refractivity contribution is 6.31. The number of nitrogens with zero attached hydrogens (tertiary/aromatic N) is 1. The number of halogens is 1. The minimum absolute atomic E-state index is 0.145. The van der Waals surface area contributed by atoms with Crippen molar-refractivity contribution < 1.29 is 19.1 Å². The average molecular weight is 407 g/mol. The number of ether oxygens (including phenoxy) is 1. The molecule has 0 spiro atoms. The third-order valence-electron chi connectivity index (χ3n) is 5.26. The van der Waals surface area contributed by atoms with Gasteiger partial charge in [0.25, 0.3) is 0 Å². The third kappa shape index (κ3) is 3.98. The molecule has 1 unspecified atom stereocenters. The smallest absolute Gasteiger partial charge is 0.356 e. The van der Waals surface area contributed by atoms with Gasteiger partial charge in [-0.05, 0) is 51.1 Å². The molecule has 0 saturated carbocycles. The fourth-order valence-electron chi connectivity index (χ4n) is 3.51. The molecular weight excluding hydrogens is 384 g/mol. The number of anilines is 1. The van der Waals surface area contributed by atoms with Crippen molar-refractivity contribution >= 4 is 46.0 Å². The molecule has 28 heavy (non-hydrogen) atoms. The van der Waals surface area contributed by atoms with Gasteiger partial charge in [0.1, 0.15) is 5.69 Å². The van der Waals surface area contributed by atoms with Gasteiger partial charge in [-0.2, -0.15) is 0 Å². The van der Waals surface area contributed by atoms with Crippen LogP contribution in [0, 0.1) is 5.92 Å². The first-order valence-corrected chi connectivity index (χ1v) is 9.43. The number of likely N-dealkylation sites (tertiary alicyclic amines) is 1. The van der Waals surface area contributed by atoms with Gasteiger partial charge in [-0.1, -0.05) is 11.6 Å². The first-order chi connectivity index (χ1) is 13.3. The second kappa shape index (κ2) is 8.20. The van der Waals surface area contributed by atoms with Crippen LogP contribution < -0.4 is 11.1 Å². The van der Waals surface area contributed by atoms with Gasteiger partial charge in [-0.3, -0.25) is 14.5 Å². The Labute approximate surface area is 167 Å². The number of nitrogens with one attached hydrogen (secondary N) is 2. The monoisotopic (exact) mass is 406 g/mol. The van der Waals surface area contributed by atoms with Crippen LogP contribution in [-0.2, 0) is 14.3 Å². The quantitative estimate of drug-likeness (QED) is 0.657. The molecule has 3 rings (SSSR count). The SMILES string of the molecule is COC(=O)c1[nH]c2ccc(Cl)cc2c1NC(=O)C(C)N1CCC(C(N)=O)CC1. The van der Waals surface area contributed by atoms with Gasteiger partial charge in [0.15, 0.2) is 0 Å². The van der Waals surface area contributed by atoms with E-state index in [1.54, 1.807) is 25.1 Å². The maximum absolute atomic E-state index is 12.9. The lowest BCUT2D eigenvalue weighted by Crippen LogP contribution is -2.47. The average Bonchev–Trinajstić information content (AvgIpc) is 3.04. The van der Waals surface area contributed by atoms with Crippen LogP contribution >= 0.6 is 11.6 Å². The fourth-order valence-corrected chi connectivity index (χ4v) is 3.69. The number of H-pyrrole nitrogens is 1. The number of nitrogens with two attached hydrogens (primary N) is 1. The van der Waals surface area contributed by atoms with Crippen LogP contribution in [0.3, 0.4) is 0 Å². The zero-order valence-corrected chi connectivity index (χ0v) is 16.5. The molecule has 1 saturated heterocycles. The number of fused-ring (bicyclic) bond motifs is 1. The number of methoxy groups -OCH3 is 1. The van der Waals surface area contributed by atoms with Crippen molar-refractivity contribution in [2.75, 3.05) is 25.5 Å². The number of primary amides is 1. The van der Waals surface area contributed by atoms with Gasteiger partial charge in [0, 0.05) is 21.8 Å². The fraction of sp³-hybridized carbons (Fsp3) is 0.421. The molecule has 2 amide bonds. The van der Waals surface area contributed by atoms with E-state index in [0.717, 1.165) is 0 Å². The number of aromatic nitrogens is 1. The van der Waals surface area contributed by atoms with Crippen molar-refractivity contribution in [2.45, 2.75) is 25.8 Å². The Balaban J connectivity index is 1.81. The highest BCUT2D eigenvalue weighted by Gasteiger charge is 2.30. The van der Waals surface area contributed by atoms with E-state index < -0.39 is 12.0 Å². The van der Waals surface area contributed by atoms with Gasteiger partial charge < -0.3 is 20.8 Å². The van der Waals surface area contributed by atoms with Crippen molar-refractivity contribution in [3.05, 3.63) is 28.9 Å². The number of carbonyl (C=O) groups is 3.